The molecule has 34 heavy (non-hydrogen) atoms. The normalized spacial score (nSPS) is 17.2. The third-order valence-corrected chi connectivity index (χ3v) is 6.77. The number of amides is 1. The van der Waals surface area contributed by atoms with Crippen LogP contribution in [0.25, 0.3) is 5.69 Å². The fraction of sp³-hybridized carbons (Fsp3) is 0.320. The number of aromatic hydroxyl groups is 1. The summed E-state index contributed by atoms with van der Waals surface area (Å²) in [7, 11) is 0. The van der Waals surface area contributed by atoms with Crippen LogP contribution in [0.4, 0.5) is 13.2 Å². The predicted molar refractivity (Wildman–Crippen MR) is 116 cm³/mol. The highest BCUT2D eigenvalue weighted by Gasteiger charge is 2.55. The molecule has 1 amide bonds. The second-order valence-electron chi connectivity index (χ2n) is 9.25. The van der Waals surface area contributed by atoms with E-state index in [-0.39, 0.29) is 39.8 Å². The van der Waals surface area contributed by atoms with Crippen LogP contribution in [0.5, 0.6) is 5.75 Å². The van der Waals surface area contributed by atoms with Gasteiger partial charge < -0.3 is 10.0 Å². The molecule has 1 aromatic heterocycles. The Morgan fingerprint density at radius 1 is 1.18 bits per heavy atom. The van der Waals surface area contributed by atoms with Crippen molar-refractivity contribution in [3.63, 3.8) is 0 Å². The molecular weight excluding hydrogens is 445 g/mol. The van der Waals surface area contributed by atoms with Gasteiger partial charge in [0.1, 0.15) is 5.75 Å². The Labute approximate surface area is 193 Å². The van der Waals surface area contributed by atoms with E-state index in [0.717, 1.165) is 24.6 Å². The topological polar surface area (TPSA) is 82.2 Å². The van der Waals surface area contributed by atoms with Gasteiger partial charge in [0, 0.05) is 30.1 Å². The van der Waals surface area contributed by atoms with Crippen molar-refractivity contribution in [1.29, 1.82) is 5.26 Å². The number of phenolic OH excluding ortho intramolecular Hbond substituents is 1. The lowest BCUT2D eigenvalue weighted by atomic mass is 9.56. The molecule has 1 N–H and O–H groups in total. The Balaban J connectivity index is 1.32. The number of hydrogen-bond donors (Lipinski definition) is 1. The minimum absolute atomic E-state index is 0.0115. The molecule has 5 rings (SSSR count). The van der Waals surface area contributed by atoms with E-state index in [1.807, 2.05) is 12.1 Å². The highest BCUT2D eigenvalue weighted by atomic mass is 19.4. The van der Waals surface area contributed by atoms with Crippen LogP contribution in [-0.2, 0) is 6.18 Å². The number of rotatable bonds is 3. The summed E-state index contributed by atoms with van der Waals surface area (Å²) >= 11 is 0. The van der Waals surface area contributed by atoms with Crippen molar-refractivity contribution in [2.24, 2.45) is 5.41 Å². The summed E-state index contributed by atoms with van der Waals surface area (Å²) in [4.78, 5) is 14.5. The molecule has 1 aliphatic carbocycles. The predicted octanol–water partition coefficient (Wildman–Crippen LogP) is 4.80. The van der Waals surface area contributed by atoms with Crippen molar-refractivity contribution in [1.82, 2.24) is 14.7 Å². The Bertz CT molecular complexity index is 1320. The average molecular weight is 466 g/mol. The number of phenols is 1. The van der Waals surface area contributed by atoms with Gasteiger partial charge in [0.15, 0.2) is 0 Å². The summed E-state index contributed by atoms with van der Waals surface area (Å²) in [5, 5.41) is 23.3. The van der Waals surface area contributed by atoms with Gasteiger partial charge >= 0.3 is 6.18 Å². The molecule has 2 aromatic carbocycles. The van der Waals surface area contributed by atoms with Crippen molar-refractivity contribution in [3.8, 4) is 17.5 Å². The van der Waals surface area contributed by atoms with Crippen LogP contribution in [0.15, 0.2) is 48.5 Å². The molecule has 0 atom stereocenters. The fourth-order valence-electron chi connectivity index (χ4n) is 5.24. The van der Waals surface area contributed by atoms with E-state index in [0.29, 0.717) is 18.8 Å². The van der Waals surface area contributed by atoms with Crippen LogP contribution < -0.4 is 0 Å². The molecule has 6 nitrogen and oxygen atoms in total. The van der Waals surface area contributed by atoms with Crippen LogP contribution in [0.1, 0.15) is 51.6 Å². The quantitative estimate of drug-likeness (QED) is 0.601. The maximum absolute atomic E-state index is 13.6. The minimum Gasteiger partial charge on any atom is -0.508 e. The number of benzene rings is 2. The Morgan fingerprint density at radius 3 is 2.56 bits per heavy atom. The first-order chi connectivity index (χ1) is 16.1. The number of aromatic nitrogens is 2. The first-order valence-electron chi connectivity index (χ1n) is 10.9. The SMILES string of the molecule is Cc1cc(C2CC3(C2)CN(C(=O)c2cc(O)ccc2C#N)C3)n(-c2ccccc2C(F)(F)F)n1. The van der Waals surface area contributed by atoms with Crippen molar-refractivity contribution < 1.29 is 23.1 Å². The van der Waals surface area contributed by atoms with Gasteiger partial charge in [0.2, 0.25) is 0 Å². The largest absolute Gasteiger partial charge is 0.508 e. The number of likely N-dealkylation sites (tertiary alicyclic amines) is 1. The lowest BCUT2D eigenvalue weighted by Crippen LogP contribution is -2.63. The first-order valence-corrected chi connectivity index (χ1v) is 10.9. The smallest absolute Gasteiger partial charge is 0.418 e. The van der Waals surface area contributed by atoms with Crippen molar-refractivity contribution >= 4 is 5.91 Å². The number of nitriles is 1. The van der Waals surface area contributed by atoms with Gasteiger partial charge in [-0.1, -0.05) is 12.1 Å². The molecule has 2 heterocycles. The molecule has 3 aromatic rings. The zero-order chi connectivity index (χ0) is 24.3. The molecule has 9 heteroatoms. The van der Waals surface area contributed by atoms with E-state index in [2.05, 4.69) is 5.10 Å². The zero-order valence-corrected chi connectivity index (χ0v) is 18.3. The van der Waals surface area contributed by atoms with Gasteiger partial charge in [-0.05, 0) is 56.2 Å². The molecule has 0 unspecified atom stereocenters. The van der Waals surface area contributed by atoms with E-state index in [9.17, 15) is 28.3 Å². The van der Waals surface area contributed by atoms with Gasteiger partial charge in [0.05, 0.1) is 34.1 Å². The van der Waals surface area contributed by atoms with Gasteiger partial charge in [-0.15, -0.1) is 0 Å². The average Bonchev–Trinajstić information content (AvgIpc) is 3.12. The maximum Gasteiger partial charge on any atom is 0.418 e. The molecular formula is C25H21F3N4O2. The third-order valence-electron chi connectivity index (χ3n) is 6.77. The molecule has 0 bridgehead atoms. The van der Waals surface area contributed by atoms with Crippen LogP contribution in [0.3, 0.4) is 0 Å². The number of nitrogens with zero attached hydrogens (tertiary/aromatic N) is 4. The highest BCUT2D eigenvalue weighted by Crippen LogP contribution is 2.56. The van der Waals surface area contributed by atoms with Gasteiger partial charge in [-0.2, -0.15) is 23.5 Å². The second-order valence-corrected chi connectivity index (χ2v) is 9.25. The second kappa shape index (κ2) is 7.62. The zero-order valence-electron chi connectivity index (χ0n) is 18.3. The molecule has 1 spiro atoms. The number of hydrogen-bond acceptors (Lipinski definition) is 4. The maximum atomic E-state index is 13.6. The summed E-state index contributed by atoms with van der Waals surface area (Å²) in [5.41, 5.74) is 0.959. The number of halogens is 3. The minimum atomic E-state index is -4.49. The molecule has 2 aliphatic rings. The monoisotopic (exact) mass is 466 g/mol. The van der Waals surface area contributed by atoms with Gasteiger partial charge in [-0.3, -0.25) is 4.79 Å². The standard InChI is InChI=1S/C25H21F3N4O2/c1-15-8-22(32(30-15)21-5-3-2-4-20(21)25(26,27)28)17-10-24(11-17)13-31(14-24)23(34)19-9-18(33)7-6-16(19)12-29/h2-9,17,33H,10-11,13-14H2,1H3. The Kier molecular flexibility index (Phi) is 4.93. The summed E-state index contributed by atoms with van der Waals surface area (Å²) in [6.45, 7) is 2.78. The molecule has 1 saturated carbocycles. The van der Waals surface area contributed by atoms with Crippen LogP contribution in [0.2, 0.25) is 0 Å². The van der Waals surface area contributed by atoms with E-state index < -0.39 is 11.7 Å². The van der Waals surface area contributed by atoms with Gasteiger partial charge in [-0.25, -0.2) is 4.68 Å². The van der Waals surface area contributed by atoms with Crippen molar-refractivity contribution in [2.45, 2.75) is 31.9 Å². The van der Waals surface area contributed by atoms with Gasteiger partial charge in [0.25, 0.3) is 5.91 Å². The van der Waals surface area contributed by atoms with E-state index in [1.54, 1.807) is 17.9 Å². The van der Waals surface area contributed by atoms with Crippen molar-refractivity contribution in [2.75, 3.05) is 13.1 Å². The van der Waals surface area contributed by atoms with E-state index in [4.69, 9.17) is 0 Å². The molecule has 0 radical (unpaired) electrons. The fourth-order valence-corrected chi connectivity index (χ4v) is 5.24. The summed E-state index contributed by atoms with van der Waals surface area (Å²) in [5.74, 6) is -0.347. The van der Waals surface area contributed by atoms with Crippen LogP contribution in [0, 0.1) is 23.7 Å². The Hall–Kier alpha value is -3.80. The van der Waals surface area contributed by atoms with Crippen molar-refractivity contribution in [3.05, 3.63) is 76.6 Å². The Morgan fingerprint density at radius 2 is 1.88 bits per heavy atom. The number of aryl methyl sites for hydroxylation is 1. The third kappa shape index (κ3) is 3.59. The number of para-hydroxylation sites is 1. The summed E-state index contributed by atoms with van der Waals surface area (Å²) < 4.78 is 42.1. The lowest BCUT2D eigenvalue weighted by Gasteiger charge is -2.59. The van der Waals surface area contributed by atoms with Crippen LogP contribution >= 0.6 is 0 Å². The van der Waals surface area contributed by atoms with Crippen LogP contribution in [-0.4, -0.2) is 38.8 Å². The van der Waals surface area contributed by atoms with E-state index in [1.165, 1.54) is 35.0 Å². The molecule has 174 valence electrons. The molecule has 1 aliphatic heterocycles. The number of alkyl halides is 3. The molecule has 2 fully saturated rings. The highest BCUT2D eigenvalue weighted by molar-refractivity contribution is 5.97. The molecule has 1 saturated heterocycles. The number of carbonyl (C=O) groups is 1. The summed E-state index contributed by atoms with van der Waals surface area (Å²) in [6, 6.07) is 13.3. The lowest BCUT2D eigenvalue weighted by molar-refractivity contribution is -0.137. The summed E-state index contributed by atoms with van der Waals surface area (Å²) in [6.07, 6.45) is -3.01. The van der Waals surface area contributed by atoms with E-state index >= 15 is 0 Å². The first kappa shape index (κ1) is 22.0. The number of carbonyl (C=O) groups excluding carboxylic acids is 1.